The second-order valence-electron chi connectivity index (χ2n) is 4.83. The highest BCUT2D eigenvalue weighted by Gasteiger charge is 2.27. The van der Waals surface area contributed by atoms with E-state index in [0.717, 1.165) is 0 Å². The van der Waals surface area contributed by atoms with Gasteiger partial charge in [0.2, 0.25) is 0 Å². The van der Waals surface area contributed by atoms with E-state index in [2.05, 4.69) is 5.32 Å². The van der Waals surface area contributed by atoms with Gasteiger partial charge in [-0.05, 0) is 30.5 Å². The van der Waals surface area contributed by atoms with Gasteiger partial charge in [0, 0.05) is 18.1 Å². The van der Waals surface area contributed by atoms with Crippen molar-refractivity contribution in [2.45, 2.75) is 19.4 Å². The maximum atomic E-state index is 12.1. The Labute approximate surface area is 122 Å². The van der Waals surface area contributed by atoms with Gasteiger partial charge in [0.1, 0.15) is 0 Å². The number of piperidine rings is 1. The summed E-state index contributed by atoms with van der Waals surface area (Å²) in [4.78, 5) is 13.8. The number of hydrogen-bond donors (Lipinski definition) is 2. The molecule has 0 aromatic heterocycles. The number of urea groups is 1. The number of aliphatic hydroxyl groups excluding tert-OH is 1. The summed E-state index contributed by atoms with van der Waals surface area (Å²) in [6.07, 6.45) is 0.261. The molecule has 1 aromatic rings. The molecule has 0 aliphatic carbocycles. The van der Waals surface area contributed by atoms with Crippen molar-refractivity contribution in [1.82, 2.24) is 4.90 Å². The lowest BCUT2D eigenvalue weighted by Crippen LogP contribution is -2.46. The molecule has 0 radical (unpaired) electrons. The van der Waals surface area contributed by atoms with E-state index in [9.17, 15) is 9.90 Å². The fraction of sp³-hybridized carbons (Fsp3) is 0.462. The maximum Gasteiger partial charge on any atom is 0.321 e. The molecule has 2 atom stereocenters. The summed E-state index contributed by atoms with van der Waals surface area (Å²) >= 11 is 11.9. The number of halogens is 2. The number of carbonyl (C=O) groups excluding carboxylic acids is 1. The number of amides is 2. The molecule has 0 bridgehead atoms. The third-order valence-corrected chi connectivity index (χ3v) is 3.88. The van der Waals surface area contributed by atoms with Gasteiger partial charge in [-0.1, -0.05) is 30.1 Å². The number of nitrogens with zero attached hydrogens (tertiary/aromatic N) is 1. The molecule has 0 spiro atoms. The molecule has 2 rings (SSSR count). The predicted molar refractivity (Wildman–Crippen MR) is 76.8 cm³/mol. The highest BCUT2D eigenvalue weighted by molar-refractivity contribution is 6.35. The van der Waals surface area contributed by atoms with Crippen LogP contribution >= 0.6 is 23.2 Å². The van der Waals surface area contributed by atoms with Crippen molar-refractivity contribution in [3.63, 3.8) is 0 Å². The van der Waals surface area contributed by atoms with E-state index >= 15 is 0 Å². The zero-order valence-corrected chi connectivity index (χ0v) is 12.1. The van der Waals surface area contributed by atoms with Gasteiger partial charge >= 0.3 is 6.03 Å². The zero-order chi connectivity index (χ0) is 14.0. The van der Waals surface area contributed by atoms with Crippen molar-refractivity contribution in [1.29, 1.82) is 0 Å². The number of carbonyl (C=O) groups is 1. The van der Waals surface area contributed by atoms with E-state index in [-0.39, 0.29) is 18.1 Å². The van der Waals surface area contributed by atoms with Crippen LogP contribution in [0.5, 0.6) is 0 Å². The Morgan fingerprint density at radius 3 is 2.89 bits per heavy atom. The van der Waals surface area contributed by atoms with Gasteiger partial charge < -0.3 is 15.3 Å². The monoisotopic (exact) mass is 302 g/mol. The summed E-state index contributed by atoms with van der Waals surface area (Å²) in [5.41, 5.74) is 0.498. The maximum absolute atomic E-state index is 12.1. The minimum Gasteiger partial charge on any atom is -0.393 e. The van der Waals surface area contributed by atoms with Crippen LogP contribution < -0.4 is 5.32 Å². The Kier molecular flexibility index (Phi) is 4.55. The molecule has 4 nitrogen and oxygen atoms in total. The van der Waals surface area contributed by atoms with Crippen LogP contribution in [0.2, 0.25) is 10.0 Å². The van der Waals surface area contributed by atoms with Crippen LogP contribution in [0.4, 0.5) is 10.5 Å². The molecule has 6 heteroatoms. The SMILES string of the molecule is CC1CN(C(=O)Nc2cc(Cl)ccc2Cl)CCC1O. The first-order chi connectivity index (χ1) is 8.97. The predicted octanol–water partition coefficient (Wildman–Crippen LogP) is 3.23. The second kappa shape index (κ2) is 5.99. The molecule has 2 unspecified atom stereocenters. The fourth-order valence-corrected chi connectivity index (χ4v) is 2.44. The quantitative estimate of drug-likeness (QED) is 0.837. The first-order valence-electron chi connectivity index (χ1n) is 6.16. The van der Waals surface area contributed by atoms with Gasteiger partial charge in [-0.25, -0.2) is 4.79 Å². The largest absolute Gasteiger partial charge is 0.393 e. The number of nitrogens with one attached hydrogen (secondary N) is 1. The van der Waals surface area contributed by atoms with E-state index < -0.39 is 0 Å². The smallest absolute Gasteiger partial charge is 0.321 e. The molecular weight excluding hydrogens is 287 g/mol. The Bertz CT molecular complexity index is 482. The Balaban J connectivity index is 2.03. The van der Waals surface area contributed by atoms with Crippen molar-refractivity contribution < 1.29 is 9.90 Å². The van der Waals surface area contributed by atoms with E-state index in [1.54, 1.807) is 23.1 Å². The third kappa shape index (κ3) is 3.53. The number of anilines is 1. The van der Waals surface area contributed by atoms with Crippen molar-refractivity contribution in [3.8, 4) is 0 Å². The lowest BCUT2D eigenvalue weighted by molar-refractivity contribution is 0.0506. The van der Waals surface area contributed by atoms with Crippen LogP contribution in [0.25, 0.3) is 0 Å². The zero-order valence-electron chi connectivity index (χ0n) is 10.6. The Hall–Kier alpha value is -0.970. The molecule has 0 saturated carbocycles. The molecule has 1 aliphatic heterocycles. The minimum absolute atomic E-state index is 0.0781. The van der Waals surface area contributed by atoms with Gasteiger partial charge in [-0.15, -0.1) is 0 Å². The fourth-order valence-electron chi connectivity index (χ4n) is 2.11. The number of aliphatic hydroxyl groups is 1. The van der Waals surface area contributed by atoms with Crippen LogP contribution in [0.3, 0.4) is 0 Å². The summed E-state index contributed by atoms with van der Waals surface area (Å²) in [6, 6.07) is 4.70. The minimum atomic E-state index is -0.334. The number of likely N-dealkylation sites (tertiary alicyclic amines) is 1. The molecule has 1 saturated heterocycles. The number of benzene rings is 1. The van der Waals surface area contributed by atoms with Crippen molar-refractivity contribution in [2.24, 2.45) is 5.92 Å². The molecule has 2 N–H and O–H groups in total. The third-order valence-electron chi connectivity index (χ3n) is 3.32. The van der Waals surface area contributed by atoms with Crippen molar-refractivity contribution in [3.05, 3.63) is 28.2 Å². The summed E-state index contributed by atoms with van der Waals surface area (Å²) in [5.74, 6) is 0.0781. The number of rotatable bonds is 1. The lowest BCUT2D eigenvalue weighted by Gasteiger charge is -2.34. The molecule has 19 heavy (non-hydrogen) atoms. The van der Waals surface area contributed by atoms with Gasteiger partial charge in [-0.2, -0.15) is 0 Å². The van der Waals surface area contributed by atoms with Crippen molar-refractivity contribution in [2.75, 3.05) is 18.4 Å². The van der Waals surface area contributed by atoms with Crippen LogP contribution in [-0.2, 0) is 0 Å². The van der Waals surface area contributed by atoms with Crippen LogP contribution in [0, 0.1) is 5.92 Å². The first-order valence-corrected chi connectivity index (χ1v) is 6.92. The van der Waals surface area contributed by atoms with E-state index in [0.29, 0.717) is 35.2 Å². The van der Waals surface area contributed by atoms with Gasteiger partial charge in [0.25, 0.3) is 0 Å². The van der Waals surface area contributed by atoms with Crippen molar-refractivity contribution >= 4 is 34.9 Å². The topological polar surface area (TPSA) is 52.6 Å². The highest BCUT2D eigenvalue weighted by atomic mass is 35.5. The van der Waals surface area contributed by atoms with Crippen LogP contribution in [0.1, 0.15) is 13.3 Å². The number of hydrogen-bond acceptors (Lipinski definition) is 2. The molecule has 1 aliphatic rings. The summed E-state index contributed by atoms with van der Waals surface area (Å²) in [5, 5.41) is 13.4. The Morgan fingerprint density at radius 2 is 2.21 bits per heavy atom. The molecule has 2 amide bonds. The molecular formula is C13H16Cl2N2O2. The standard InChI is InChI=1S/C13H16Cl2N2O2/c1-8-7-17(5-4-12(8)18)13(19)16-11-6-9(14)2-3-10(11)15/h2-3,6,8,12,18H,4-5,7H2,1H3,(H,16,19). The van der Waals surface area contributed by atoms with Crippen LogP contribution in [0.15, 0.2) is 18.2 Å². The molecule has 1 aromatic carbocycles. The summed E-state index contributed by atoms with van der Waals surface area (Å²) in [7, 11) is 0. The summed E-state index contributed by atoms with van der Waals surface area (Å²) < 4.78 is 0. The average molecular weight is 303 g/mol. The normalized spacial score (nSPS) is 23.3. The van der Waals surface area contributed by atoms with Gasteiger partial charge in [-0.3, -0.25) is 0 Å². The van der Waals surface area contributed by atoms with E-state index in [1.807, 2.05) is 6.92 Å². The first kappa shape index (κ1) is 14.4. The summed E-state index contributed by atoms with van der Waals surface area (Å²) in [6.45, 7) is 3.00. The molecule has 104 valence electrons. The second-order valence-corrected chi connectivity index (χ2v) is 5.68. The average Bonchev–Trinajstić information content (AvgIpc) is 2.37. The van der Waals surface area contributed by atoms with E-state index in [1.165, 1.54) is 0 Å². The molecule has 1 fully saturated rings. The molecule has 1 heterocycles. The van der Waals surface area contributed by atoms with Crippen LogP contribution in [-0.4, -0.2) is 35.2 Å². The van der Waals surface area contributed by atoms with E-state index in [4.69, 9.17) is 23.2 Å². The lowest BCUT2D eigenvalue weighted by atomic mass is 9.97. The highest BCUT2D eigenvalue weighted by Crippen LogP contribution is 2.26. The van der Waals surface area contributed by atoms with Gasteiger partial charge in [0.15, 0.2) is 0 Å². The Morgan fingerprint density at radius 1 is 1.47 bits per heavy atom. The van der Waals surface area contributed by atoms with Gasteiger partial charge in [0.05, 0.1) is 16.8 Å².